The van der Waals surface area contributed by atoms with Crippen LogP contribution in [0.15, 0.2) is 59.7 Å². The lowest BCUT2D eigenvalue weighted by molar-refractivity contribution is 0.104. The van der Waals surface area contributed by atoms with E-state index in [1.165, 1.54) is 11.3 Å². The number of aromatic nitrogens is 1. The Hall–Kier alpha value is -2.74. The Bertz CT molecular complexity index is 936. The number of carbonyl (C=O) groups is 1. The van der Waals surface area contributed by atoms with E-state index >= 15 is 0 Å². The number of hydrazone groups is 1. The summed E-state index contributed by atoms with van der Waals surface area (Å²) in [6, 6.07) is 16.5. The zero-order valence-electron chi connectivity index (χ0n) is 14.8. The number of rotatable bonds is 6. The molecule has 140 valence electrons. The number of carbonyl (C=O) groups excluding carboxylic acids is 1. The van der Waals surface area contributed by atoms with Crippen LogP contribution >= 0.6 is 22.9 Å². The molecule has 1 aromatic heterocycles. The minimum Gasteiger partial charge on any atom is -0.412 e. The van der Waals surface area contributed by atoms with Gasteiger partial charge in [0.2, 0.25) is 5.78 Å². The Morgan fingerprint density at radius 2 is 1.74 bits per heavy atom. The zero-order valence-corrected chi connectivity index (χ0v) is 16.4. The number of nitrogens with zero attached hydrogens (tertiary/aromatic N) is 2. The van der Waals surface area contributed by atoms with Gasteiger partial charge in [-0.3, -0.25) is 10.2 Å². The summed E-state index contributed by atoms with van der Waals surface area (Å²) in [7, 11) is 0. The first-order valence-corrected chi connectivity index (χ1v) is 9.12. The van der Waals surface area contributed by atoms with Crippen molar-refractivity contribution < 1.29 is 10.3 Å². The van der Waals surface area contributed by atoms with E-state index in [2.05, 4.69) is 20.8 Å². The topological polar surface area (TPSA) is 97.9 Å². The molecule has 0 aliphatic heterocycles. The summed E-state index contributed by atoms with van der Waals surface area (Å²) < 4.78 is 0. The van der Waals surface area contributed by atoms with E-state index in [0.717, 1.165) is 11.4 Å². The van der Waals surface area contributed by atoms with Crippen molar-refractivity contribution in [3.05, 3.63) is 70.1 Å². The fraction of sp³-hybridized carbons (Fsp3) is 0.105. The quantitative estimate of drug-likeness (QED) is 0.353. The van der Waals surface area contributed by atoms with Crippen LogP contribution in [0, 0.1) is 0 Å². The number of anilines is 3. The Labute approximate surface area is 166 Å². The van der Waals surface area contributed by atoms with Crippen molar-refractivity contribution in [1.82, 2.24) is 4.98 Å². The summed E-state index contributed by atoms with van der Waals surface area (Å²) in [5.41, 5.74) is 5.16. The van der Waals surface area contributed by atoms with Gasteiger partial charge in [0.05, 0.1) is 0 Å². The van der Waals surface area contributed by atoms with Crippen LogP contribution in [-0.2, 0) is 0 Å². The fourth-order valence-electron chi connectivity index (χ4n) is 2.15. The molecule has 0 saturated carbocycles. The molecule has 0 radical (unpaired) electrons. The summed E-state index contributed by atoms with van der Waals surface area (Å²) in [5, 5.41) is 8.59. The molecule has 4 N–H and O–H groups in total. The maximum atomic E-state index is 12.9. The van der Waals surface area contributed by atoms with E-state index in [4.69, 9.17) is 11.6 Å². The molecule has 27 heavy (non-hydrogen) atoms. The maximum Gasteiger partial charge on any atom is 0.206 e. The highest BCUT2D eigenvalue weighted by molar-refractivity contribution is 7.18. The Morgan fingerprint density at radius 3 is 2.37 bits per heavy atom. The van der Waals surface area contributed by atoms with Crippen molar-refractivity contribution in [3.8, 4) is 0 Å². The van der Waals surface area contributed by atoms with Crippen LogP contribution < -0.4 is 10.7 Å². The number of halogens is 1. The minimum absolute atomic E-state index is 0. The number of nitrogens with one attached hydrogen (secondary N) is 2. The number of para-hydroxylation sites is 1. The Kier molecular flexibility index (Phi) is 7.06. The smallest absolute Gasteiger partial charge is 0.206 e. The van der Waals surface area contributed by atoms with Gasteiger partial charge in [0.25, 0.3) is 0 Å². The van der Waals surface area contributed by atoms with Crippen LogP contribution in [0.5, 0.6) is 0 Å². The molecule has 0 aliphatic carbocycles. The zero-order chi connectivity index (χ0) is 18.5. The molecule has 0 spiro atoms. The van der Waals surface area contributed by atoms with E-state index in [9.17, 15) is 4.79 Å². The molecule has 0 atom stereocenters. The number of benzene rings is 2. The molecule has 0 bridgehead atoms. The fourth-order valence-corrected chi connectivity index (χ4v) is 3.17. The average molecular weight is 403 g/mol. The first-order chi connectivity index (χ1) is 12.5. The normalized spacial score (nSPS) is 9.89. The maximum absolute atomic E-state index is 12.9. The van der Waals surface area contributed by atoms with Gasteiger partial charge in [0, 0.05) is 22.0 Å². The van der Waals surface area contributed by atoms with Gasteiger partial charge >= 0.3 is 0 Å². The van der Waals surface area contributed by atoms with E-state index in [0.29, 0.717) is 26.4 Å². The van der Waals surface area contributed by atoms with Crippen molar-refractivity contribution in [1.29, 1.82) is 0 Å². The van der Waals surface area contributed by atoms with Gasteiger partial charge in [-0.1, -0.05) is 41.1 Å². The number of hydrogen-bond donors (Lipinski definition) is 2. The summed E-state index contributed by atoms with van der Waals surface area (Å²) in [5.74, 6) is 0.293. The average Bonchev–Trinajstić information content (AvgIpc) is 3.03. The minimum atomic E-state index is -0.133. The highest BCUT2D eigenvalue weighted by Crippen LogP contribution is 2.31. The van der Waals surface area contributed by atoms with Crippen molar-refractivity contribution in [2.24, 2.45) is 5.10 Å². The molecule has 2 aromatic carbocycles. The molecule has 0 unspecified atom stereocenters. The van der Waals surface area contributed by atoms with Gasteiger partial charge in [0.15, 0.2) is 10.9 Å². The van der Waals surface area contributed by atoms with Crippen molar-refractivity contribution in [3.63, 3.8) is 0 Å². The predicted octanol–water partition coefficient (Wildman–Crippen LogP) is 4.75. The third-order valence-electron chi connectivity index (χ3n) is 3.35. The third kappa shape index (κ3) is 5.37. The molecule has 1 heterocycles. The standard InChI is InChI=1S/C19H17ClN4OS.H2O/c1-12(2)23-24-18-17(16(25)13-8-10-14(20)11-9-13)26-19(22-18)21-15-6-4-3-5-7-15;/h3-11,24H,1-2H3,(H,21,22);1H2. The molecular weight excluding hydrogens is 384 g/mol. The highest BCUT2D eigenvalue weighted by Gasteiger charge is 2.20. The summed E-state index contributed by atoms with van der Waals surface area (Å²) in [6.07, 6.45) is 0. The van der Waals surface area contributed by atoms with Gasteiger partial charge in [-0.25, -0.2) is 4.98 Å². The molecule has 0 fully saturated rings. The van der Waals surface area contributed by atoms with Crippen molar-refractivity contribution >= 4 is 51.1 Å². The van der Waals surface area contributed by atoms with Gasteiger partial charge in [-0.2, -0.15) is 5.10 Å². The molecule has 6 nitrogen and oxygen atoms in total. The van der Waals surface area contributed by atoms with Gasteiger partial charge < -0.3 is 10.8 Å². The number of ketones is 1. The van der Waals surface area contributed by atoms with Crippen LogP contribution in [0.1, 0.15) is 29.1 Å². The van der Waals surface area contributed by atoms with Crippen LogP contribution in [0.4, 0.5) is 16.6 Å². The van der Waals surface area contributed by atoms with E-state index < -0.39 is 0 Å². The number of thiazole rings is 1. The molecule has 0 amide bonds. The van der Waals surface area contributed by atoms with Gasteiger partial charge in [-0.15, -0.1) is 0 Å². The van der Waals surface area contributed by atoms with Gasteiger partial charge in [0.1, 0.15) is 4.88 Å². The Balaban J connectivity index is 0.00000261. The second-order valence-electron chi connectivity index (χ2n) is 5.69. The van der Waals surface area contributed by atoms with E-state index in [-0.39, 0.29) is 11.3 Å². The van der Waals surface area contributed by atoms with Crippen LogP contribution in [0.2, 0.25) is 5.02 Å². The molecule has 3 aromatic rings. The lowest BCUT2D eigenvalue weighted by atomic mass is 10.1. The summed E-state index contributed by atoms with van der Waals surface area (Å²) in [4.78, 5) is 17.9. The largest absolute Gasteiger partial charge is 0.412 e. The van der Waals surface area contributed by atoms with Gasteiger partial charge in [-0.05, 0) is 50.2 Å². The first-order valence-electron chi connectivity index (χ1n) is 7.93. The SMILES string of the molecule is CC(C)=NNc1nc(Nc2ccccc2)sc1C(=O)c1ccc(Cl)cc1.O. The second-order valence-corrected chi connectivity index (χ2v) is 7.13. The number of hydrogen-bond acceptors (Lipinski definition) is 6. The lowest BCUT2D eigenvalue weighted by Crippen LogP contribution is -2.03. The summed E-state index contributed by atoms with van der Waals surface area (Å²) in [6.45, 7) is 3.73. The molecule has 0 saturated heterocycles. The van der Waals surface area contributed by atoms with Crippen molar-refractivity contribution in [2.45, 2.75) is 13.8 Å². The van der Waals surface area contributed by atoms with E-state index in [1.807, 2.05) is 44.2 Å². The molecule has 3 rings (SSSR count). The summed E-state index contributed by atoms with van der Waals surface area (Å²) >= 11 is 7.19. The molecule has 0 aliphatic rings. The van der Waals surface area contributed by atoms with Crippen LogP contribution in [0.25, 0.3) is 0 Å². The molecule has 8 heteroatoms. The first kappa shape index (κ1) is 20.6. The van der Waals surface area contributed by atoms with E-state index in [1.54, 1.807) is 24.3 Å². The second kappa shape index (κ2) is 9.27. The van der Waals surface area contributed by atoms with Crippen LogP contribution in [0.3, 0.4) is 0 Å². The van der Waals surface area contributed by atoms with Crippen LogP contribution in [-0.4, -0.2) is 22.0 Å². The predicted molar refractivity (Wildman–Crippen MR) is 113 cm³/mol. The highest BCUT2D eigenvalue weighted by atomic mass is 35.5. The van der Waals surface area contributed by atoms with Crippen molar-refractivity contribution in [2.75, 3.05) is 10.7 Å². The monoisotopic (exact) mass is 402 g/mol. The Morgan fingerprint density at radius 1 is 1.07 bits per heavy atom. The molecular formula is C19H19ClN4O2S. The lowest BCUT2D eigenvalue weighted by Gasteiger charge is -2.02. The third-order valence-corrected chi connectivity index (χ3v) is 4.57.